The second-order valence-corrected chi connectivity index (χ2v) is 9.57. The molecule has 4 N–H and O–H groups in total. The van der Waals surface area contributed by atoms with Gasteiger partial charge in [0.15, 0.2) is 11.6 Å². The third kappa shape index (κ3) is 4.66. The van der Waals surface area contributed by atoms with Crippen molar-refractivity contribution in [2.75, 3.05) is 30.3 Å². The highest BCUT2D eigenvalue weighted by atomic mass is 35.5. The van der Waals surface area contributed by atoms with Crippen LogP contribution in [0.15, 0.2) is 42.9 Å². The first-order valence-corrected chi connectivity index (χ1v) is 11.3. The summed E-state index contributed by atoms with van der Waals surface area (Å²) in [6.45, 7) is 4.79. The summed E-state index contributed by atoms with van der Waals surface area (Å²) in [4.78, 5) is 9.94. The van der Waals surface area contributed by atoms with Crippen LogP contribution in [0.4, 0.5) is 15.9 Å². The second kappa shape index (κ2) is 9.37. The van der Waals surface area contributed by atoms with Gasteiger partial charge in [-0.25, -0.2) is 9.37 Å². The number of nitrogens with two attached hydrogens (primary N) is 1. The van der Waals surface area contributed by atoms with E-state index >= 15 is 0 Å². The Labute approximate surface area is 206 Å². The Kier molecular flexibility index (Phi) is 6.66. The predicted molar refractivity (Wildman–Crippen MR) is 132 cm³/mol. The van der Waals surface area contributed by atoms with E-state index in [4.69, 9.17) is 39.1 Å². The van der Waals surface area contributed by atoms with Crippen molar-refractivity contribution in [1.29, 1.82) is 5.41 Å². The number of nitrogen functional groups attached to an aromatic ring is 1. The molecule has 0 unspecified atom stereocenters. The highest BCUT2D eigenvalue weighted by Crippen LogP contribution is 2.35. The molecule has 34 heavy (non-hydrogen) atoms. The summed E-state index contributed by atoms with van der Waals surface area (Å²) in [5.41, 5.74) is 7.47. The van der Waals surface area contributed by atoms with Crippen molar-refractivity contribution in [2.24, 2.45) is 5.41 Å². The number of rotatable bonds is 7. The second-order valence-electron chi connectivity index (χ2n) is 8.76. The van der Waals surface area contributed by atoms with E-state index < -0.39 is 11.9 Å². The summed E-state index contributed by atoms with van der Waals surface area (Å²) in [6.07, 6.45) is 3.93. The maximum atomic E-state index is 14.8. The number of halogens is 3. The van der Waals surface area contributed by atoms with Crippen molar-refractivity contribution in [2.45, 2.75) is 20.0 Å². The molecule has 1 fully saturated rings. The summed E-state index contributed by atoms with van der Waals surface area (Å²) < 4.78 is 20.8. The zero-order chi connectivity index (χ0) is 24.6. The average Bonchev–Trinajstić information content (AvgIpc) is 2.77. The van der Waals surface area contributed by atoms with Crippen molar-refractivity contribution >= 4 is 40.4 Å². The number of hydrogen-bond donors (Lipinski definition) is 3. The number of nitrogens with one attached hydrogen (secondary N) is 1. The van der Waals surface area contributed by atoms with E-state index in [9.17, 15) is 9.50 Å². The van der Waals surface area contributed by atoms with E-state index in [0.717, 1.165) is 0 Å². The summed E-state index contributed by atoms with van der Waals surface area (Å²) in [5.74, 6) is 0.107. The van der Waals surface area contributed by atoms with Gasteiger partial charge in [0, 0.05) is 59.5 Å². The third-order valence-corrected chi connectivity index (χ3v) is 6.44. The normalized spacial score (nSPS) is 15.5. The van der Waals surface area contributed by atoms with Crippen molar-refractivity contribution in [1.82, 2.24) is 9.97 Å². The maximum absolute atomic E-state index is 14.8. The Morgan fingerprint density at radius 3 is 2.56 bits per heavy atom. The number of nitrogens with zero attached hydrogens (tertiary/aromatic N) is 3. The van der Waals surface area contributed by atoms with Gasteiger partial charge in [0.2, 0.25) is 0 Å². The van der Waals surface area contributed by atoms with E-state index in [1.54, 1.807) is 30.0 Å². The molecule has 10 heteroatoms. The van der Waals surface area contributed by atoms with Crippen LogP contribution in [0.25, 0.3) is 0 Å². The van der Waals surface area contributed by atoms with Crippen LogP contribution in [0.3, 0.4) is 0 Å². The molecule has 178 valence electrons. The Bertz CT molecular complexity index is 1230. The van der Waals surface area contributed by atoms with Gasteiger partial charge in [0.25, 0.3) is 0 Å². The first-order chi connectivity index (χ1) is 16.1. The van der Waals surface area contributed by atoms with E-state index in [1.165, 1.54) is 24.7 Å². The fourth-order valence-corrected chi connectivity index (χ4v) is 4.65. The number of aliphatic hydroxyl groups is 1. The van der Waals surface area contributed by atoms with Gasteiger partial charge in [-0.05, 0) is 31.2 Å². The Morgan fingerprint density at radius 2 is 1.94 bits per heavy atom. The standard InChI is InChI=1S/C24H24Cl2FN5O2/c1-13(21-17(25)8-30-9-18(21)26)34-15-3-4-20(28)16(6-15)22(29)14-5-19(27)23(31-7-14)32-10-24(2,11-32)12-33/h3-9,13,29,33H,10-12,28H2,1-2H3/t13-/m1/s1. The predicted octanol–water partition coefficient (Wildman–Crippen LogP) is 4.88. The average molecular weight is 504 g/mol. The first-order valence-electron chi connectivity index (χ1n) is 10.6. The minimum Gasteiger partial charge on any atom is -0.486 e. The summed E-state index contributed by atoms with van der Waals surface area (Å²) in [6, 6.07) is 6.18. The van der Waals surface area contributed by atoms with Gasteiger partial charge >= 0.3 is 0 Å². The van der Waals surface area contributed by atoms with Crippen molar-refractivity contribution in [3.8, 4) is 5.75 Å². The van der Waals surface area contributed by atoms with Crippen LogP contribution in [0.1, 0.15) is 36.6 Å². The number of anilines is 2. The lowest BCUT2D eigenvalue weighted by Crippen LogP contribution is -2.57. The lowest BCUT2D eigenvalue weighted by Gasteiger charge is -2.47. The fraction of sp³-hybridized carbons (Fsp3) is 0.292. The molecule has 1 saturated heterocycles. The molecule has 1 aliphatic heterocycles. The summed E-state index contributed by atoms with van der Waals surface area (Å²) in [5, 5.41) is 18.8. The van der Waals surface area contributed by atoms with Gasteiger partial charge in [-0.1, -0.05) is 30.1 Å². The van der Waals surface area contributed by atoms with Gasteiger partial charge < -0.3 is 20.5 Å². The molecule has 0 radical (unpaired) electrons. The zero-order valence-corrected chi connectivity index (χ0v) is 20.2. The molecule has 0 aliphatic carbocycles. The Balaban J connectivity index is 1.55. The smallest absolute Gasteiger partial charge is 0.166 e. The molecule has 7 nitrogen and oxygen atoms in total. The zero-order valence-electron chi connectivity index (χ0n) is 18.6. The lowest BCUT2D eigenvalue weighted by atomic mass is 9.83. The van der Waals surface area contributed by atoms with Crippen LogP contribution < -0.4 is 15.4 Å². The molecule has 4 rings (SSSR count). The largest absolute Gasteiger partial charge is 0.486 e. The SMILES string of the molecule is C[C@@H](Oc1ccc(N)c(C(=N)c2cnc(N3CC(C)(CO)C3)c(F)c2)c1)c1c(Cl)cncc1Cl. The molecule has 0 spiro atoms. The van der Waals surface area contributed by atoms with E-state index in [1.807, 2.05) is 6.92 Å². The van der Waals surface area contributed by atoms with Crippen molar-refractivity contribution in [3.63, 3.8) is 0 Å². The van der Waals surface area contributed by atoms with Crippen LogP contribution in [0.5, 0.6) is 5.75 Å². The van der Waals surface area contributed by atoms with Gasteiger partial charge in [-0.3, -0.25) is 10.4 Å². The molecule has 1 aliphatic rings. The number of ether oxygens (including phenoxy) is 1. The number of aromatic nitrogens is 2. The lowest BCUT2D eigenvalue weighted by molar-refractivity contribution is 0.110. The first kappa shape index (κ1) is 24.2. The third-order valence-electron chi connectivity index (χ3n) is 5.84. The number of benzene rings is 1. The van der Waals surface area contributed by atoms with Crippen LogP contribution in [-0.2, 0) is 0 Å². The van der Waals surface area contributed by atoms with E-state index in [2.05, 4.69) is 9.97 Å². The summed E-state index contributed by atoms with van der Waals surface area (Å²) in [7, 11) is 0. The van der Waals surface area contributed by atoms with Crippen LogP contribution in [0.2, 0.25) is 10.0 Å². The molecular weight excluding hydrogens is 480 g/mol. The quantitative estimate of drug-likeness (QED) is 0.313. The number of aliphatic hydroxyl groups excluding tert-OH is 1. The number of hydrogen-bond acceptors (Lipinski definition) is 7. The molecule has 3 aromatic rings. The van der Waals surface area contributed by atoms with Gasteiger partial charge in [-0.2, -0.15) is 0 Å². The molecule has 0 bridgehead atoms. The van der Waals surface area contributed by atoms with Crippen molar-refractivity contribution in [3.05, 3.63) is 75.4 Å². The molecule has 3 heterocycles. The topological polar surface area (TPSA) is 108 Å². The molecule has 1 aromatic carbocycles. The molecule has 0 saturated carbocycles. The van der Waals surface area contributed by atoms with E-state index in [0.29, 0.717) is 45.7 Å². The number of pyridine rings is 2. The van der Waals surface area contributed by atoms with Gasteiger partial charge in [-0.15, -0.1) is 0 Å². The highest BCUT2D eigenvalue weighted by Gasteiger charge is 2.39. The van der Waals surface area contributed by atoms with Crippen LogP contribution in [-0.4, -0.2) is 40.5 Å². The Hall–Kier alpha value is -2.94. The molecule has 1 atom stereocenters. The maximum Gasteiger partial charge on any atom is 0.166 e. The van der Waals surface area contributed by atoms with Gasteiger partial charge in [0.05, 0.1) is 22.4 Å². The minimum absolute atomic E-state index is 0.0114. The fourth-order valence-electron chi connectivity index (χ4n) is 3.98. The molecular formula is C24H24Cl2FN5O2. The van der Waals surface area contributed by atoms with E-state index in [-0.39, 0.29) is 29.1 Å². The van der Waals surface area contributed by atoms with Crippen molar-refractivity contribution < 1.29 is 14.2 Å². The Morgan fingerprint density at radius 1 is 1.26 bits per heavy atom. The highest BCUT2D eigenvalue weighted by molar-refractivity contribution is 6.35. The van der Waals surface area contributed by atoms with Crippen LogP contribution in [0, 0.1) is 16.6 Å². The van der Waals surface area contributed by atoms with Crippen LogP contribution >= 0.6 is 23.2 Å². The molecule has 0 amide bonds. The summed E-state index contributed by atoms with van der Waals surface area (Å²) >= 11 is 12.5. The monoisotopic (exact) mass is 503 g/mol. The molecule has 2 aromatic heterocycles. The van der Waals surface area contributed by atoms with Gasteiger partial charge in [0.1, 0.15) is 11.9 Å². The minimum atomic E-state index is -0.538.